The molecule has 2 rings (SSSR count). The summed E-state index contributed by atoms with van der Waals surface area (Å²) in [4.78, 5) is 8.11. The normalized spacial score (nSPS) is 19.9. The number of halogens is 1. The van der Waals surface area contributed by atoms with Gasteiger partial charge in [-0.1, -0.05) is 0 Å². The van der Waals surface area contributed by atoms with Crippen LogP contribution in [0, 0.1) is 0 Å². The Morgan fingerprint density at radius 1 is 1.47 bits per heavy atom. The zero-order valence-electron chi connectivity index (χ0n) is 8.56. The number of hydrogen-bond acceptors (Lipinski definition) is 4. The summed E-state index contributed by atoms with van der Waals surface area (Å²) in [5, 5.41) is 3.38. The highest BCUT2D eigenvalue weighted by molar-refractivity contribution is 5.85. The van der Waals surface area contributed by atoms with E-state index in [1.54, 1.807) is 18.6 Å². The number of hydrogen-bond donors (Lipinski definition) is 1. The molecule has 1 atom stereocenters. The monoisotopic (exact) mass is 229 g/mol. The standard InChI is InChI=1S/C10H15N3O.ClH/c1-2-9(12-3-1)7-14-8-10-6-11-4-5-13-10;/h4-6,9,12H,1-3,7-8H2;1H. The van der Waals surface area contributed by atoms with Crippen LogP contribution in [0.3, 0.4) is 0 Å². The van der Waals surface area contributed by atoms with E-state index in [-0.39, 0.29) is 12.4 Å². The molecule has 1 N–H and O–H groups in total. The van der Waals surface area contributed by atoms with Crippen molar-refractivity contribution in [1.82, 2.24) is 15.3 Å². The fourth-order valence-corrected chi connectivity index (χ4v) is 1.61. The van der Waals surface area contributed by atoms with Crippen molar-refractivity contribution in [2.45, 2.75) is 25.5 Å². The molecule has 0 bridgehead atoms. The molecule has 1 unspecified atom stereocenters. The van der Waals surface area contributed by atoms with Crippen molar-refractivity contribution in [3.05, 3.63) is 24.3 Å². The molecule has 0 amide bonds. The molecule has 1 aliphatic rings. The van der Waals surface area contributed by atoms with Crippen molar-refractivity contribution in [3.63, 3.8) is 0 Å². The first-order valence-electron chi connectivity index (χ1n) is 5.01. The summed E-state index contributed by atoms with van der Waals surface area (Å²) >= 11 is 0. The van der Waals surface area contributed by atoms with Gasteiger partial charge >= 0.3 is 0 Å². The highest BCUT2D eigenvalue weighted by atomic mass is 35.5. The molecule has 5 heteroatoms. The van der Waals surface area contributed by atoms with Crippen molar-refractivity contribution in [2.75, 3.05) is 13.2 Å². The van der Waals surface area contributed by atoms with E-state index in [4.69, 9.17) is 4.74 Å². The largest absolute Gasteiger partial charge is 0.373 e. The quantitative estimate of drug-likeness (QED) is 0.842. The zero-order chi connectivity index (χ0) is 9.64. The maximum Gasteiger partial charge on any atom is 0.0904 e. The molecule has 1 aromatic heterocycles. The summed E-state index contributed by atoms with van der Waals surface area (Å²) in [7, 11) is 0. The highest BCUT2D eigenvalue weighted by Gasteiger charge is 2.13. The van der Waals surface area contributed by atoms with E-state index < -0.39 is 0 Å². The van der Waals surface area contributed by atoms with Crippen molar-refractivity contribution in [1.29, 1.82) is 0 Å². The highest BCUT2D eigenvalue weighted by Crippen LogP contribution is 2.05. The first-order chi connectivity index (χ1) is 6.95. The topological polar surface area (TPSA) is 47.0 Å². The molecule has 15 heavy (non-hydrogen) atoms. The molecule has 1 aromatic rings. The van der Waals surface area contributed by atoms with Gasteiger partial charge in [-0.2, -0.15) is 0 Å². The molecule has 0 aromatic carbocycles. The maximum absolute atomic E-state index is 5.54. The average molecular weight is 230 g/mol. The molecule has 0 radical (unpaired) electrons. The van der Waals surface area contributed by atoms with Gasteiger partial charge in [-0.3, -0.25) is 9.97 Å². The second-order valence-corrected chi connectivity index (χ2v) is 3.51. The first-order valence-corrected chi connectivity index (χ1v) is 5.01. The van der Waals surface area contributed by atoms with Gasteiger partial charge in [-0.25, -0.2) is 0 Å². The van der Waals surface area contributed by atoms with Crippen LogP contribution in [0.5, 0.6) is 0 Å². The fraction of sp³-hybridized carbons (Fsp3) is 0.600. The summed E-state index contributed by atoms with van der Waals surface area (Å²) in [5.74, 6) is 0. The first kappa shape index (κ1) is 12.4. The summed E-state index contributed by atoms with van der Waals surface area (Å²) in [6.45, 7) is 2.46. The zero-order valence-corrected chi connectivity index (χ0v) is 9.37. The summed E-state index contributed by atoms with van der Waals surface area (Å²) in [6, 6.07) is 0.534. The molecule has 2 heterocycles. The average Bonchev–Trinajstić information content (AvgIpc) is 2.72. The Labute approximate surface area is 95.9 Å². The predicted octanol–water partition coefficient (Wildman–Crippen LogP) is 1.17. The van der Waals surface area contributed by atoms with Gasteiger partial charge in [0.15, 0.2) is 0 Å². The minimum Gasteiger partial charge on any atom is -0.373 e. The Morgan fingerprint density at radius 2 is 2.40 bits per heavy atom. The van der Waals surface area contributed by atoms with E-state index in [1.807, 2.05) is 0 Å². The van der Waals surface area contributed by atoms with E-state index in [9.17, 15) is 0 Å². The SMILES string of the molecule is Cl.c1cnc(COCC2CCCN2)cn1. The Kier molecular flexibility index (Phi) is 5.53. The third-order valence-electron chi connectivity index (χ3n) is 2.35. The van der Waals surface area contributed by atoms with Gasteiger partial charge in [0, 0.05) is 18.4 Å². The Hall–Kier alpha value is -0.710. The van der Waals surface area contributed by atoms with Gasteiger partial charge in [-0.05, 0) is 19.4 Å². The van der Waals surface area contributed by atoms with Crippen molar-refractivity contribution < 1.29 is 4.74 Å². The van der Waals surface area contributed by atoms with Gasteiger partial charge in [-0.15, -0.1) is 12.4 Å². The lowest BCUT2D eigenvalue weighted by molar-refractivity contribution is 0.101. The lowest BCUT2D eigenvalue weighted by Crippen LogP contribution is -2.26. The minimum atomic E-state index is 0. The molecule has 0 saturated carbocycles. The molecule has 1 fully saturated rings. The van der Waals surface area contributed by atoms with Crippen LogP contribution in [0.15, 0.2) is 18.6 Å². The molecule has 4 nitrogen and oxygen atoms in total. The number of nitrogens with one attached hydrogen (secondary N) is 1. The molecular formula is C10H16ClN3O. The van der Waals surface area contributed by atoms with E-state index >= 15 is 0 Å². The number of ether oxygens (including phenoxy) is 1. The van der Waals surface area contributed by atoms with E-state index in [0.717, 1.165) is 18.8 Å². The number of nitrogens with zero attached hydrogens (tertiary/aromatic N) is 2. The Morgan fingerprint density at radius 3 is 3.07 bits per heavy atom. The van der Waals surface area contributed by atoms with Crippen molar-refractivity contribution in [3.8, 4) is 0 Å². The molecule has 1 saturated heterocycles. The lowest BCUT2D eigenvalue weighted by Gasteiger charge is -2.09. The summed E-state index contributed by atoms with van der Waals surface area (Å²) in [5.41, 5.74) is 0.894. The van der Waals surface area contributed by atoms with Crippen molar-refractivity contribution in [2.24, 2.45) is 0 Å². The van der Waals surface area contributed by atoms with E-state index in [1.165, 1.54) is 12.8 Å². The third kappa shape index (κ3) is 4.11. The van der Waals surface area contributed by atoms with E-state index in [0.29, 0.717) is 12.6 Å². The Balaban J connectivity index is 0.00000112. The smallest absolute Gasteiger partial charge is 0.0904 e. The maximum atomic E-state index is 5.54. The van der Waals surface area contributed by atoms with Gasteiger partial charge in [0.2, 0.25) is 0 Å². The number of aromatic nitrogens is 2. The third-order valence-corrected chi connectivity index (χ3v) is 2.35. The van der Waals surface area contributed by atoms with Crippen molar-refractivity contribution >= 4 is 12.4 Å². The van der Waals surface area contributed by atoms with Gasteiger partial charge in [0.1, 0.15) is 0 Å². The predicted molar refractivity (Wildman–Crippen MR) is 60.0 cm³/mol. The molecule has 0 spiro atoms. The lowest BCUT2D eigenvalue weighted by atomic mass is 10.2. The van der Waals surface area contributed by atoms with Crippen LogP contribution in [0.1, 0.15) is 18.5 Å². The summed E-state index contributed by atoms with van der Waals surface area (Å²) < 4.78 is 5.54. The Bertz CT molecular complexity index is 265. The summed E-state index contributed by atoms with van der Waals surface area (Å²) in [6.07, 6.45) is 7.58. The fourth-order valence-electron chi connectivity index (χ4n) is 1.61. The van der Waals surface area contributed by atoms with Crippen LogP contribution in [0.2, 0.25) is 0 Å². The van der Waals surface area contributed by atoms with Crippen LogP contribution < -0.4 is 5.32 Å². The van der Waals surface area contributed by atoms with Gasteiger partial charge < -0.3 is 10.1 Å². The molecule has 0 aliphatic carbocycles. The van der Waals surface area contributed by atoms with Crippen LogP contribution in [-0.2, 0) is 11.3 Å². The van der Waals surface area contributed by atoms with Crippen LogP contribution in [-0.4, -0.2) is 29.2 Å². The van der Waals surface area contributed by atoms with Gasteiger partial charge in [0.05, 0.1) is 25.1 Å². The molecule has 1 aliphatic heterocycles. The molecule has 84 valence electrons. The second kappa shape index (κ2) is 6.71. The molecular weight excluding hydrogens is 214 g/mol. The number of rotatable bonds is 4. The minimum absolute atomic E-state index is 0. The van der Waals surface area contributed by atoms with Crippen LogP contribution in [0.4, 0.5) is 0 Å². The van der Waals surface area contributed by atoms with Gasteiger partial charge in [0.25, 0.3) is 0 Å². The second-order valence-electron chi connectivity index (χ2n) is 3.51. The van der Waals surface area contributed by atoms with E-state index in [2.05, 4.69) is 15.3 Å². The van der Waals surface area contributed by atoms with Crippen LogP contribution in [0.25, 0.3) is 0 Å². The van der Waals surface area contributed by atoms with Crippen LogP contribution >= 0.6 is 12.4 Å².